The Balaban J connectivity index is 0.00000242. The van der Waals surface area contributed by atoms with E-state index in [0.29, 0.717) is 24.7 Å². The van der Waals surface area contributed by atoms with Crippen molar-refractivity contribution in [3.8, 4) is 0 Å². The molecule has 1 aromatic rings. The number of rotatable bonds is 6. The molecule has 1 unspecified atom stereocenters. The number of hydrogen-bond donors (Lipinski definition) is 3. The summed E-state index contributed by atoms with van der Waals surface area (Å²) >= 11 is 0. The Kier molecular flexibility index (Phi) is 8.46. The van der Waals surface area contributed by atoms with Crippen LogP contribution < -0.4 is 10.6 Å². The highest BCUT2D eigenvalue weighted by Gasteiger charge is 2.21. The minimum Gasteiger partial charge on any atom is -0.396 e. The molecular formula is C17H27ClN2O2. The Labute approximate surface area is 139 Å². The summed E-state index contributed by atoms with van der Waals surface area (Å²) in [7, 11) is 0. The Morgan fingerprint density at radius 2 is 1.95 bits per heavy atom. The van der Waals surface area contributed by atoms with E-state index in [0.717, 1.165) is 24.3 Å². The van der Waals surface area contributed by atoms with Gasteiger partial charge in [0.05, 0.1) is 0 Å². The van der Waals surface area contributed by atoms with Crippen molar-refractivity contribution in [1.29, 1.82) is 0 Å². The van der Waals surface area contributed by atoms with E-state index in [9.17, 15) is 4.79 Å². The van der Waals surface area contributed by atoms with E-state index in [1.165, 1.54) is 12.8 Å². The van der Waals surface area contributed by atoms with E-state index >= 15 is 0 Å². The van der Waals surface area contributed by atoms with Gasteiger partial charge in [0.25, 0.3) is 0 Å². The highest BCUT2D eigenvalue weighted by atomic mass is 35.5. The van der Waals surface area contributed by atoms with Gasteiger partial charge in [-0.1, -0.05) is 19.1 Å². The Bertz CT molecular complexity index is 444. The van der Waals surface area contributed by atoms with Crippen molar-refractivity contribution in [3.63, 3.8) is 0 Å². The number of hydrogen-bond acceptors (Lipinski definition) is 3. The molecule has 1 aliphatic heterocycles. The average Bonchev–Trinajstić information content (AvgIpc) is 2.50. The van der Waals surface area contributed by atoms with Gasteiger partial charge in [-0.2, -0.15) is 0 Å². The smallest absolute Gasteiger partial charge is 0.224 e. The zero-order chi connectivity index (χ0) is 15.1. The van der Waals surface area contributed by atoms with Crippen LogP contribution in [-0.4, -0.2) is 30.7 Å². The second-order valence-corrected chi connectivity index (χ2v) is 5.99. The molecule has 1 fully saturated rings. The summed E-state index contributed by atoms with van der Waals surface area (Å²) < 4.78 is 0. The molecule has 2 rings (SSSR count). The van der Waals surface area contributed by atoms with Crippen molar-refractivity contribution in [3.05, 3.63) is 29.8 Å². The molecule has 124 valence electrons. The summed E-state index contributed by atoms with van der Waals surface area (Å²) in [5, 5.41) is 15.2. The second kappa shape index (κ2) is 9.82. The van der Waals surface area contributed by atoms with Gasteiger partial charge in [-0.3, -0.25) is 4.79 Å². The average molecular weight is 327 g/mol. The molecule has 4 nitrogen and oxygen atoms in total. The largest absolute Gasteiger partial charge is 0.396 e. The van der Waals surface area contributed by atoms with Crippen molar-refractivity contribution in [2.24, 2.45) is 11.8 Å². The zero-order valence-electron chi connectivity index (χ0n) is 13.2. The summed E-state index contributed by atoms with van der Waals surface area (Å²) in [4.78, 5) is 12.1. The van der Waals surface area contributed by atoms with E-state index in [1.807, 2.05) is 24.3 Å². The van der Waals surface area contributed by atoms with Gasteiger partial charge in [-0.05, 0) is 61.9 Å². The van der Waals surface area contributed by atoms with Crippen LogP contribution >= 0.6 is 12.4 Å². The molecule has 1 heterocycles. The Morgan fingerprint density at radius 3 is 2.55 bits per heavy atom. The molecule has 0 spiro atoms. The lowest BCUT2D eigenvalue weighted by Gasteiger charge is -2.27. The number of aliphatic hydroxyl groups is 1. The molecule has 0 bridgehead atoms. The van der Waals surface area contributed by atoms with Crippen LogP contribution in [0.2, 0.25) is 0 Å². The first-order valence-electron chi connectivity index (χ1n) is 7.89. The third-order valence-corrected chi connectivity index (χ3v) is 4.33. The molecule has 0 aliphatic carbocycles. The predicted octanol–water partition coefficient (Wildman–Crippen LogP) is 2.61. The standard InChI is InChI=1S/C17H26N2O2.ClH/c1-13(15-6-9-18-10-7-15)12-17(21)19-16-4-2-14(3-5-16)8-11-20;/h2-5,13,15,18,20H,6-12H2,1H3,(H,19,21);1H. The summed E-state index contributed by atoms with van der Waals surface area (Å²) in [6.45, 7) is 4.48. The maximum atomic E-state index is 12.1. The lowest BCUT2D eigenvalue weighted by Crippen LogP contribution is -2.32. The first-order chi connectivity index (χ1) is 10.2. The summed E-state index contributed by atoms with van der Waals surface area (Å²) in [6, 6.07) is 7.69. The number of halogens is 1. The van der Waals surface area contributed by atoms with E-state index in [1.54, 1.807) is 0 Å². The van der Waals surface area contributed by atoms with Crippen molar-refractivity contribution >= 4 is 24.0 Å². The van der Waals surface area contributed by atoms with Crippen LogP contribution in [0.4, 0.5) is 5.69 Å². The van der Waals surface area contributed by atoms with Crippen LogP contribution in [0.1, 0.15) is 31.7 Å². The van der Waals surface area contributed by atoms with Crippen LogP contribution in [0.25, 0.3) is 0 Å². The van der Waals surface area contributed by atoms with Gasteiger partial charge in [0.1, 0.15) is 0 Å². The van der Waals surface area contributed by atoms with Crippen molar-refractivity contribution < 1.29 is 9.90 Å². The number of carbonyl (C=O) groups excluding carboxylic acids is 1. The molecule has 5 heteroatoms. The van der Waals surface area contributed by atoms with Gasteiger partial charge >= 0.3 is 0 Å². The third kappa shape index (κ3) is 5.95. The predicted molar refractivity (Wildman–Crippen MR) is 92.5 cm³/mol. The van der Waals surface area contributed by atoms with Crippen LogP contribution in [0.5, 0.6) is 0 Å². The lowest BCUT2D eigenvalue weighted by molar-refractivity contribution is -0.117. The van der Waals surface area contributed by atoms with Gasteiger partial charge in [-0.15, -0.1) is 12.4 Å². The molecule has 0 saturated carbocycles. The molecule has 1 aromatic carbocycles. The summed E-state index contributed by atoms with van der Waals surface area (Å²) in [5.41, 5.74) is 1.91. The van der Waals surface area contributed by atoms with E-state index in [2.05, 4.69) is 17.6 Å². The van der Waals surface area contributed by atoms with Gasteiger partial charge < -0.3 is 15.7 Å². The van der Waals surface area contributed by atoms with E-state index < -0.39 is 0 Å². The minimum absolute atomic E-state index is 0. The van der Waals surface area contributed by atoms with Gasteiger partial charge in [0.2, 0.25) is 5.91 Å². The first kappa shape index (κ1) is 18.9. The highest BCUT2D eigenvalue weighted by Crippen LogP contribution is 2.24. The van der Waals surface area contributed by atoms with Gasteiger partial charge in [0.15, 0.2) is 0 Å². The fraction of sp³-hybridized carbons (Fsp3) is 0.588. The van der Waals surface area contributed by atoms with Crippen LogP contribution in [0.15, 0.2) is 24.3 Å². The van der Waals surface area contributed by atoms with Crippen molar-refractivity contribution in [2.75, 3.05) is 25.0 Å². The second-order valence-electron chi connectivity index (χ2n) is 5.99. The van der Waals surface area contributed by atoms with Crippen LogP contribution in [0.3, 0.4) is 0 Å². The fourth-order valence-corrected chi connectivity index (χ4v) is 2.97. The number of nitrogens with one attached hydrogen (secondary N) is 2. The quantitative estimate of drug-likeness (QED) is 0.753. The number of anilines is 1. The van der Waals surface area contributed by atoms with Crippen LogP contribution in [-0.2, 0) is 11.2 Å². The molecule has 1 saturated heterocycles. The molecule has 22 heavy (non-hydrogen) atoms. The number of piperidine rings is 1. The SMILES string of the molecule is CC(CC(=O)Nc1ccc(CCO)cc1)C1CCNCC1.Cl. The molecule has 1 amide bonds. The highest BCUT2D eigenvalue weighted by molar-refractivity contribution is 5.90. The van der Waals surface area contributed by atoms with E-state index in [-0.39, 0.29) is 24.9 Å². The third-order valence-electron chi connectivity index (χ3n) is 4.33. The molecular weight excluding hydrogens is 300 g/mol. The maximum Gasteiger partial charge on any atom is 0.224 e. The normalized spacial score (nSPS) is 16.6. The first-order valence-corrected chi connectivity index (χ1v) is 7.89. The zero-order valence-corrected chi connectivity index (χ0v) is 14.0. The molecule has 1 aliphatic rings. The van der Waals surface area contributed by atoms with Gasteiger partial charge in [0, 0.05) is 18.7 Å². The molecule has 0 radical (unpaired) electrons. The van der Waals surface area contributed by atoms with Gasteiger partial charge in [-0.25, -0.2) is 0 Å². The Hall–Kier alpha value is -1.10. The molecule has 3 N–H and O–H groups in total. The monoisotopic (exact) mass is 326 g/mol. The number of amides is 1. The number of aliphatic hydroxyl groups excluding tert-OH is 1. The number of benzene rings is 1. The summed E-state index contributed by atoms with van der Waals surface area (Å²) in [6.07, 6.45) is 3.58. The minimum atomic E-state index is 0. The Morgan fingerprint density at radius 1 is 1.32 bits per heavy atom. The lowest BCUT2D eigenvalue weighted by atomic mass is 9.84. The molecule has 1 atom stereocenters. The van der Waals surface area contributed by atoms with Crippen LogP contribution in [0, 0.1) is 11.8 Å². The number of carbonyl (C=O) groups is 1. The van der Waals surface area contributed by atoms with Crippen molar-refractivity contribution in [2.45, 2.75) is 32.6 Å². The van der Waals surface area contributed by atoms with Crippen molar-refractivity contribution in [1.82, 2.24) is 5.32 Å². The molecule has 0 aromatic heterocycles. The van der Waals surface area contributed by atoms with E-state index in [4.69, 9.17) is 5.11 Å². The summed E-state index contributed by atoms with van der Waals surface area (Å²) in [5.74, 6) is 1.18. The topological polar surface area (TPSA) is 61.4 Å². The fourth-order valence-electron chi connectivity index (χ4n) is 2.97. The maximum absolute atomic E-state index is 12.1.